The summed E-state index contributed by atoms with van der Waals surface area (Å²) >= 11 is 0. The van der Waals surface area contributed by atoms with Crippen molar-refractivity contribution in [2.24, 2.45) is 0 Å². The molecule has 4 nitrogen and oxygen atoms in total. The van der Waals surface area contributed by atoms with E-state index < -0.39 is 0 Å². The van der Waals surface area contributed by atoms with Crippen LogP contribution in [0.5, 0.6) is 0 Å². The summed E-state index contributed by atoms with van der Waals surface area (Å²) in [4.78, 5) is 9.25. The highest BCUT2D eigenvalue weighted by molar-refractivity contribution is 5.78. The van der Waals surface area contributed by atoms with Crippen LogP contribution in [-0.4, -0.2) is 54.1 Å². The molecule has 1 aromatic heterocycles. The van der Waals surface area contributed by atoms with Crippen molar-refractivity contribution in [3.8, 4) is 22.5 Å². The molecular formula is C24H32N4. The molecule has 148 valence electrons. The van der Waals surface area contributed by atoms with Gasteiger partial charge in [0, 0.05) is 23.7 Å². The minimum atomic E-state index is 0.396. The first kappa shape index (κ1) is 20.3. The van der Waals surface area contributed by atoms with E-state index in [4.69, 9.17) is 4.98 Å². The third-order valence-electron chi connectivity index (χ3n) is 5.33. The first-order chi connectivity index (χ1) is 13.5. The number of benzene rings is 2. The fraction of sp³-hybridized carbons (Fsp3) is 0.375. The summed E-state index contributed by atoms with van der Waals surface area (Å²) in [5, 5.41) is 0. The molecule has 1 unspecified atom stereocenters. The van der Waals surface area contributed by atoms with Gasteiger partial charge in [-0.15, -0.1) is 0 Å². The van der Waals surface area contributed by atoms with E-state index in [1.165, 1.54) is 16.8 Å². The van der Waals surface area contributed by atoms with Gasteiger partial charge >= 0.3 is 0 Å². The molecule has 3 aromatic rings. The third-order valence-corrected chi connectivity index (χ3v) is 5.33. The standard InChI is InChI=1S/C24H32N4/c1-19(27(4)5)20-12-14-22(15-13-20)24-23(21-10-7-6-8-11-21)25-18-28(24)17-9-16-26(2)3/h6-8,10-15,18-19H,9,16-17H2,1-5H3. The average Bonchev–Trinajstić information content (AvgIpc) is 3.11. The predicted molar refractivity (Wildman–Crippen MR) is 118 cm³/mol. The van der Waals surface area contributed by atoms with Crippen LogP contribution in [0, 0.1) is 0 Å². The monoisotopic (exact) mass is 376 g/mol. The van der Waals surface area contributed by atoms with Crippen molar-refractivity contribution < 1.29 is 0 Å². The van der Waals surface area contributed by atoms with E-state index in [1.54, 1.807) is 0 Å². The summed E-state index contributed by atoms with van der Waals surface area (Å²) in [5.41, 5.74) is 5.96. The number of hydrogen-bond acceptors (Lipinski definition) is 3. The van der Waals surface area contributed by atoms with Gasteiger partial charge < -0.3 is 14.4 Å². The van der Waals surface area contributed by atoms with Crippen LogP contribution in [0.4, 0.5) is 0 Å². The van der Waals surface area contributed by atoms with E-state index in [1.807, 2.05) is 6.33 Å². The quantitative estimate of drug-likeness (QED) is 0.565. The molecule has 0 saturated heterocycles. The molecule has 0 amide bonds. The number of imidazole rings is 1. The Labute approximate surface area is 169 Å². The number of nitrogens with zero attached hydrogens (tertiary/aromatic N) is 4. The molecule has 0 spiro atoms. The van der Waals surface area contributed by atoms with Gasteiger partial charge in [0.1, 0.15) is 0 Å². The van der Waals surface area contributed by atoms with Gasteiger partial charge in [0.2, 0.25) is 0 Å². The average molecular weight is 377 g/mol. The summed E-state index contributed by atoms with van der Waals surface area (Å²) in [6.07, 6.45) is 3.09. The largest absolute Gasteiger partial charge is 0.330 e. The van der Waals surface area contributed by atoms with Crippen LogP contribution in [-0.2, 0) is 6.54 Å². The van der Waals surface area contributed by atoms with Crippen LogP contribution in [0.2, 0.25) is 0 Å². The topological polar surface area (TPSA) is 24.3 Å². The highest BCUT2D eigenvalue weighted by Crippen LogP contribution is 2.32. The summed E-state index contributed by atoms with van der Waals surface area (Å²) < 4.78 is 2.30. The normalized spacial score (nSPS) is 12.7. The van der Waals surface area contributed by atoms with E-state index in [0.717, 1.165) is 30.8 Å². The molecule has 0 saturated carbocycles. The molecule has 0 aliphatic carbocycles. The lowest BCUT2D eigenvalue weighted by atomic mass is 10.0. The van der Waals surface area contributed by atoms with Crippen molar-refractivity contribution in [1.29, 1.82) is 0 Å². The Morgan fingerprint density at radius 3 is 2.18 bits per heavy atom. The van der Waals surface area contributed by atoms with Crippen molar-refractivity contribution in [3.05, 3.63) is 66.5 Å². The molecule has 28 heavy (non-hydrogen) atoms. The Balaban J connectivity index is 1.97. The molecule has 0 bridgehead atoms. The van der Waals surface area contributed by atoms with Gasteiger partial charge in [0.25, 0.3) is 0 Å². The number of hydrogen-bond donors (Lipinski definition) is 0. The van der Waals surface area contributed by atoms with E-state index in [0.29, 0.717) is 6.04 Å². The van der Waals surface area contributed by atoms with Crippen LogP contribution in [0.1, 0.15) is 24.9 Å². The lowest BCUT2D eigenvalue weighted by Gasteiger charge is -2.20. The second-order valence-corrected chi connectivity index (χ2v) is 7.92. The highest BCUT2D eigenvalue weighted by Gasteiger charge is 2.16. The minimum absolute atomic E-state index is 0.396. The van der Waals surface area contributed by atoms with Crippen LogP contribution < -0.4 is 0 Å². The minimum Gasteiger partial charge on any atom is -0.330 e. The van der Waals surface area contributed by atoms with Crippen LogP contribution >= 0.6 is 0 Å². The van der Waals surface area contributed by atoms with E-state index in [-0.39, 0.29) is 0 Å². The van der Waals surface area contributed by atoms with Gasteiger partial charge in [-0.3, -0.25) is 0 Å². The summed E-state index contributed by atoms with van der Waals surface area (Å²) in [6.45, 7) is 4.26. The van der Waals surface area contributed by atoms with Gasteiger partial charge in [-0.1, -0.05) is 54.6 Å². The van der Waals surface area contributed by atoms with Gasteiger partial charge in [-0.2, -0.15) is 0 Å². The summed E-state index contributed by atoms with van der Waals surface area (Å²) in [6, 6.07) is 19.8. The Morgan fingerprint density at radius 1 is 0.893 bits per heavy atom. The van der Waals surface area contributed by atoms with Crippen LogP contribution in [0.3, 0.4) is 0 Å². The van der Waals surface area contributed by atoms with Crippen molar-refractivity contribution in [2.45, 2.75) is 25.9 Å². The highest BCUT2D eigenvalue weighted by atomic mass is 15.1. The molecule has 0 aliphatic heterocycles. The maximum absolute atomic E-state index is 4.79. The zero-order valence-corrected chi connectivity index (χ0v) is 17.8. The fourth-order valence-electron chi connectivity index (χ4n) is 3.44. The third kappa shape index (κ3) is 4.70. The van der Waals surface area contributed by atoms with E-state index >= 15 is 0 Å². The van der Waals surface area contributed by atoms with E-state index in [2.05, 4.69) is 104 Å². The van der Waals surface area contributed by atoms with Crippen molar-refractivity contribution in [2.75, 3.05) is 34.7 Å². The smallest absolute Gasteiger partial charge is 0.0963 e. The lowest BCUT2D eigenvalue weighted by Crippen LogP contribution is -2.16. The first-order valence-corrected chi connectivity index (χ1v) is 9.99. The second-order valence-electron chi connectivity index (χ2n) is 7.92. The van der Waals surface area contributed by atoms with Crippen molar-refractivity contribution in [3.63, 3.8) is 0 Å². The van der Waals surface area contributed by atoms with Crippen molar-refractivity contribution >= 4 is 0 Å². The van der Waals surface area contributed by atoms with Gasteiger partial charge in [-0.25, -0.2) is 4.98 Å². The van der Waals surface area contributed by atoms with E-state index in [9.17, 15) is 0 Å². The fourth-order valence-corrected chi connectivity index (χ4v) is 3.44. The molecule has 0 N–H and O–H groups in total. The number of aryl methyl sites for hydroxylation is 1. The van der Waals surface area contributed by atoms with Gasteiger partial charge in [-0.05, 0) is 53.6 Å². The molecule has 1 atom stereocenters. The molecule has 1 heterocycles. The Morgan fingerprint density at radius 2 is 1.57 bits per heavy atom. The van der Waals surface area contributed by atoms with Crippen LogP contribution in [0.15, 0.2) is 60.9 Å². The number of rotatable bonds is 8. The molecule has 0 fully saturated rings. The molecule has 0 radical (unpaired) electrons. The maximum atomic E-state index is 4.79. The zero-order valence-electron chi connectivity index (χ0n) is 17.8. The van der Waals surface area contributed by atoms with Crippen LogP contribution in [0.25, 0.3) is 22.5 Å². The Kier molecular flexibility index (Phi) is 6.65. The number of aromatic nitrogens is 2. The molecule has 0 aliphatic rings. The SMILES string of the molecule is CC(c1ccc(-c2c(-c3ccccc3)ncn2CCCN(C)C)cc1)N(C)C. The predicted octanol–water partition coefficient (Wildman–Crippen LogP) is 4.79. The first-order valence-electron chi connectivity index (χ1n) is 9.99. The van der Waals surface area contributed by atoms with Crippen molar-refractivity contribution in [1.82, 2.24) is 19.4 Å². The van der Waals surface area contributed by atoms with Gasteiger partial charge in [0.05, 0.1) is 17.7 Å². The lowest BCUT2D eigenvalue weighted by molar-refractivity contribution is 0.321. The Hall–Kier alpha value is -2.43. The van der Waals surface area contributed by atoms with Gasteiger partial charge in [0.15, 0.2) is 0 Å². The molecule has 4 heteroatoms. The molecular weight excluding hydrogens is 344 g/mol. The summed E-state index contributed by atoms with van der Waals surface area (Å²) in [5.74, 6) is 0. The molecule has 2 aromatic carbocycles. The maximum Gasteiger partial charge on any atom is 0.0963 e. The second kappa shape index (κ2) is 9.18. The summed E-state index contributed by atoms with van der Waals surface area (Å²) in [7, 11) is 8.47. The molecule has 3 rings (SSSR count). The zero-order chi connectivity index (χ0) is 20.1. The Bertz CT molecular complexity index is 863.